The molecule has 0 fully saturated rings. The van der Waals surface area contributed by atoms with Crippen LogP contribution in [0.5, 0.6) is 0 Å². The van der Waals surface area contributed by atoms with Gasteiger partial charge in [0.25, 0.3) is 5.91 Å². The third kappa shape index (κ3) is 3.08. The molecule has 0 aliphatic heterocycles. The maximum Gasteiger partial charge on any atom is 0.337 e. The number of aryl methyl sites for hydroxylation is 1. The molecule has 0 aliphatic carbocycles. The summed E-state index contributed by atoms with van der Waals surface area (Å²) in [6.45, 7) is 1.74. The Hall–Kier alpha value is -3.28. The molecular formula is C18H15N3O3. The number of hydrogen-bond acceptors (Lipinski definition) is 5. The number of esters is 1. The van der Waals surface area contributed by atoms with Gasteiger partial charge in [0.05, 0.1) is 29.4 Å². The fraction of sp³-hybridized carbons (Fsp3) is 0.111. The quantitative estimate of drug-likeness (QED) is 0.750. The highest BCUT2D eigenvalue weighted by atomic mass is 16.5. The molecule has 1 amide bonds. The molecule has 1 aromatic heterocycles. The topological polar surface area (TPSA) is 81.2 Å². The van der Waals surface area contributed by atoms with Crippen LogP contribution in [-0.2, 0) is 4.74 Å². The zero-order chi connectivity index (χ0) is 17.1. The number of carbonyl (C=O) groups excluding carboxylic acids is 2. The predicted molar refractivity (Wildman–Crippen MR) is 90.0 cm³/mol. The minimum Gasteiger partial charge on any atom is -0.465 e. The fourth-order valence-corrected chi connectivity index (χ4v) is 2.34. The van der Waals surface area contributed by atoms with Crippen molar-refractivity contribution in [3.63, 3.8) is 0 Å². The zero-order valence-corrected chi connectivity index (χ0v) is 13.2. The van der Waals surface area contributed by atoms with Crippen molar-refractivity contribution >= 4 is 28.6 Å². The van der Waals surface area contributed by atoms with Crippen LogP contribution in [0.15, 0.2) is 48.5 Å². The van der Waals surface area contributed by atoms with Gasteiger partial charge in [-0.1, -0.05) is 18.2 Å². The monoisotopic (exact) mass is 321 g/mol. The molecule has 3 rings (SSSR count). The highest BCUT2D eigenvalue weighted by molar-refractivity contribution is 6.05. The first-order chi connectivity index (χ1) is 11.6. The fourth-order valence-electron chi connectivity index (χ4n) is 2.34. The van der Waals surface area contributed by atoms with Gasteiger partial charge in [-0.3, -0.25) is 4.79 Å². The second kappa shape index (κ2) is 6.45. The molecule has 6 nitrogen and oxygen atoms in total. The number of amides is 1. The largest absolute Gasteiger partial charge is 0.465 e. The van der Waals surface area contributed by atoms with Crippen LogP contribution in [0.25, 0.3) is 11.0 Å². The molecule has 0 bridgehead atoms. The maximum atomic E-state index is 12.5. The molecule has 0 atom stereocenters. The molecule has 24 heavy (non-hydrogen) atoms. The van der Waals surface area contributed by atoms with Gasteiger partial charge in [-0.25, -0.2) is 14.8 Å². The summed E-state index contributed by atoms with van der Waals surface area (Å²) < 4.78 is 4.67. The summed E-state index contributed by atoms with van der Waals surface area (Å²) in [4.78, 5) is 32.8. The molecule has 6 heteroatoms. The van der Waals surface area contributed by atoms with Gasteiger partial charge in [-0.05, 0) is 37.3 Å². The number of para-hydroxylation sites is 2. The van der Waals surface area contributed by atoms with E-state index >= 15 is 0 Å². The molecule has 1 heterocycles. The zero-order valence-electron chi connectivity index (χ0n) is 13.2. The number of methoxy groups -OCH3 is 1. The lowest BCUT2D eigenvalue weighted by Crippen LogP contribution is -2.16. The predicted octanol–water partition coefficient (Wildman–Crippen LogP) is 2.98. The van der Waals surface area contributed by atoms with E-state index in [0.717, 1.165) is 5.52 Å². The van der Waals surface area contributed by atoms with E-state index in [1.807, 2.05) is 18.2 Å². The van der Waals surface area contributed by atoms with Crippen molar-refractivity contribution in [1.82, 2.24) is 9.97 Å². The number of fused-ring (bicyclic) bond motifs is 1. The van der Waals surface area contributed by atoms with E-state index in [0.29, 0.717) is 22.5 Å². The summed E-state index contributed by atoms with van der Waals surface area (Å²) in [5.74, 6) is -0.847. The molecular weight excluding hydrogens is 306 g/mol. The Kier molecular flexibility index (Phi) is 4.20. The Morgan fingerprint density at radius 1 is 1.00 bits per heavy atom. The summed E-state index contributed by atoms with van der Waals surface area (Å²) in [5.41, 5.74) is 3.01. The van der Waals surface area contributed by atoms with Crippen LogP contribution in [0.3, 0.4) is 0 Å². The maximum absolute atomic E-state index is 12.5. The third-order valence-corrected chi connectivity index (χ3v) is 3.50. The van der Waals surface area contributed by atoms with E-state index in [9.17, 15) is 9.59 Å². The van der Waals surface area contributed by atoms with Crippen molar-refractivity contribution in [2.24, 2.45) is 0 Å². The Labute approximate surface area is 138 Å². The summed E-state index contributed by atoms with van der Waals surface area (Å²) in [6.07, 6.45) is 0. The average Bonchev–Trinajstić information content (AvgIpc) is 2.60. The van der Waals surface area contributed by atoms with E-state index in [4.69, 9.17) is 0 Å². The van der Waals surface area contributed by atoms with E-state index in [2.05, 4.69) is 20.0 Å². The Bertz CT molecular complexity index is 938. The van der Waals surface area contributed by atoms with Gasteiger partial charge in [0.15, 0.2) is 0 Å². The van der Waals surface area contributed by atoms with Gasteiger partial charge in [0.1, 0.15) is 5.69 Å². The number of nitrogens with one attached hydrogen (secondary N) is 1. The second-order valence-corrected chi connectivity index (χ2v) is 5.17. The number of carbonyl (C=O) groups is 2. The van der Waals surface area contributed by atoms with E-state index in [1.54, 1.807) is 37.3 Å². The van der Waals surface area contributed by atoms with Crippen molar-refractivity contribution in [3.8, 4) is 0 Å². The van der Waals surface area contributed by atoms with Gasteiger partial charge in [0.2, 0.25) is 0 Å². The van der Waals surface area contributed by atoms with Gasteiger partial charge >= 0.3 is 5.97 Å². The normalized spacial score (nSPS) is 10.4. The highest BCUT2D eigenvalue weighted by Gasteiger charge is 2.14. The SMILES string of the molecule is COC(=O)c1cccc(NC(=O)c2nc3ccccc3nc2C)c1. The molecule has 0 saturated heterocycles. The van der Waals surface area contributed by atoms with Gasteiger partial charge < -0.3 is 10.1 Å². The number of ether oxygens (including phenoxy) is 1. The summed E-state index contributed by atoms with van der Waals surface area (Å²) in [7, 11) is 1.31. The lowest BCUT2D eigenvalue weighted by Gasteiger charge is -2.09. The molecule has 3 aromatic rings. The lowest BCUT2D eigenvalue weighted by molar-refractivity contribution is 0.0600. The standard InChI is InChI=1S/C18H15N3O3/c1-11-16(21-15-9-4-3-8-14(15)19-11)17(22)20-13-7-5-6-12(10-13)18(23)24-2/h3-10H,1-2H3,(H,20,22). The summed E-state index contributed by atoms with van der Waals surface area (Å²) in [5, 5.41) is 2.73. The minimum absolute atomic E-state index is 0.247. The van der Waals surface area contributed by atoms with Gasteiger partial charge in [0, 0.05) is 5.69 Å². The van der Waals surface area contributed by atoms with Gasteiger partial charge in [-0.15, -0.1) is 0 Å². The Morgan fingerprint density at radius 2 is 1.71 bits per heavy atom. The first-order valence-electron chi connectivity index (χ1n) is 7.31. The molecule has 0 aliphatic rings. The van der Waals surface area contributed by atoms with Crippen molar-refractivity contribution in [2.75, 3.05) is 12.4 Å². The van der Waals surface area contributed by atoms with Crippen molar-refractivity contribution in [1.29, 1.82) is 0 Å². The van der Waals surface area contributed by atoms with Crippen LogP contribution >= 0.6 is 0 Å². The third-order valence-electron chi connectivity index (χ3n) is 3.50. The number of benzene rings is 2. The second-order valence-electron chi connectivity index (χ2n) is 5.17. The molecule has 1 N–H and O–H groups in total. The van der Waals surface area contributed by atoms with Crippen molar-refractivity contribution in [2.45, 2.75) is 6.92 Å². The molecule has 0 saturated carbocycles. The molecule has 0 spiro atoms. The smallest absolute Gasteiger partial charge is 0.337 e. The van der Waals surface area contributed by atoms with Gasteiger partial charge in [-0.2, -0.15) is 0 Å². The summed E-state index contributed by atoms with van der Waals surface area (Å²) >= 11 is 0. The number of hydrogen-bond donors (Lipinski definition) is 1. The molecule has 0 unspecified atom stereocenters. The molecule has 120 valence electrons. The van der Waals surface area contributed by atoms with Crippen LogP contribution < -0.4 is 5.32 Å². The number of anilines is 1. The molecule has 2 aromatic carbocycles. The van der Waals surface area contributed by atoms with Crippen LogP contribution in [0.2, 0.25) is 0 Å². The van der Waals surface area contributed by atoms with Crippen molar-refractivity contribution < 1.29 is 14.3 Å². The Morgan fingerprint density at radius 3 is 2.42 bits per heavy atom. The van der Waals surface area contributed by atoms with E-state index in [1.165, 1.54) is 7.11 Å². The van der Waals surface area contributed by atoms with Crippen LogP contribution in [0.1, 0.15) is 26.5 Å². The first kappa shape index (κ1) is 15.6. The Balaban J connectivity index is 1.90. The number of rotatable bonds is 3. The first-order valence-corrected chi connectivity index (χ1v) is 7.31. The minimum atomic E-state index is -0.465. The molecule has 0 radical (unpaired) electrons. The highest BCUT2D eigenvalue weighted by Crippen LogP contribution is 2.16. The van der Waals surface area contributed by atoms with Crippen LogP contribution in [0.4, 0.5) is 5.69 Å². The lowest BCUT2D eigenvalue weighted by atomic mass is 10.2. The number of nitrogens with zero attached hydrogens (tertiary/aromatic N) is 2. The number of aromatic nitrogens is 2. The van der Waals surface area contributed by atoms with Crippen LogP contribution in [-0.4, -0.2) is 29.0 Å². The average molecular weight is 321 g/mol. The van der Waals surface area contributed by atoms with E-state index < -0.39 is 5.97 Å². The van der Waals surface area contributed by atoms with Crippen molar-refractivity contribution in [3.05, 3.63) is 65.5 Å². The van der Waals surface area contributed by atoms with Crippen LogP contribution in [0, 0.1) is 6.92 Å². The summed E-state index contributed by atoms with van der Waals surface area (Å²) in [6, 6.07) is 13.9. The van der Waals surface area contributed by atoms with E-state index in [-0.39, 0.29) is 11.6 Å².